The number of anilines is 1. The SMILES string of the molecule is CN(C)c1nc(Cl)c(/C=C\c2cc(C(=O)O)c3ccccc3n2)s1. The highest BCUT2D eigenvalue weighted by Gasteiger charge is 2.11. The second-order valence-electron chi connectivity index (χ2n) is 5.30. The van der Waals surface area contributed by atoms with Gasteiger partial charge in [-0.3, -0.25) is 0 Å². The quantitative estimate of drug-likeness (QED) is 0.753. The van der Waals surface area contributed by atoms with Crippen molar-refractivity contribution in [2.45, 2.75) is 0 Å². The first-order valence-corrected chi connectivity index (χ1v) is 8.30. The first kappa shape index (κ1) is 16.4. The Morgan fingerprint density at radius 1 is 1.25 bits per heavy atom. The summed E-state index contributed by atoms with van der Waals surface area (Å²) in [5.41, 5.74) is 1.42. The van der Waals surface area contributed by atoms with Crippen LogP contribution in [0.3, 0.4) is 0 Å². The molecule has 0 aliphatic rings. The number of carboxylic acids is 1. The topological polar surface area (TPSA) is 66.3 Å². The van der Waals surface area contributed by atoms with Crippen LogP contribution < -0.4 is 4.90 Å². The van der Waals surface area contributed by atoms with E-state index in [1.54, 1.807) is 36.4 Å². The smallest absolute Gasteiger partial charge is 0.336 e. The largest absolute Gasteiger partial charge is 0.478 e. The van der Waals surface area contributed by atoms with Crippen molar-refractivity contribution < 1.29 is 9.90 Å². The van der Waals surface area contributed by atoms with E-state index in [2.05, 4.69) is 9.97 Å². The molecule has 0 amide bonds. The van der Waals surface area contributed by atoms with Gasteiger partial charge in [0.05, 0.1) is 21.7 Å². The Morgan fingerprint density at radius 2 is 2.00 bits per heavy atom. The zero-order chi connectivity index (χ0) is 17.3. The van der Waals surface area contributed by atoms with Gasteiger partial charge in [0.1, 0.15) is 5.15 Å². The molecule has 0 fully saturated rings. The second-order valence-corrected chi connectivity index (χ2v) is 6.66. The second kappa shape index (κ2) is 6.59. The van der Waals surface area contributed by atoms with E-state index in [0.29, 0.717) is 21.7 Å². The summed E-state index contributed by atoms with van der Waals surface area (Å²) in [6, 6.07) is 8.73. The molecule has 3 aromatic rings. The van der Waals surface area contributed by atoms with Crippen LogP contribution in [0.2, 0.25) is 5.15 Å². The van der Waals surface area contributed by atoms with Gasteiger partial charge in [-0.25, -0.2) is 14.8 Å². The van der Waals surface area contributed by atoms with Gasteiger partial charge >= 0.3 is 5.97 Å². The number of aromatic carboxylic acids is 1. The number of hydrogen-bond donors (Lipinski definition) is 1. The van der Waals surface area contributed by atoms with Crippen molar-refractivity contribution in [1.29, 1.82) is 0 Å². The average molecular weight is 360 g/mol. The number of carbonyl (C=O) groups is 1. The maximum atomic E-state index is 11.5. The molecule has 1 aromatic carbocycles. The highest BCUT2D eigenvalue weighted by molar-refractivity contribution is 7.17. The number of rotatable bonds is 4. The number of thiazole rings is 1. The molecule has 1 N–H and O–H groups in total. The van der Waals surface area contributed by atoms with Crippen molar-refractivity contribution in [2.75, 3.05) is 19.0 Å². The van der Waals surface area contributed by atoms with E-state index in [1.807, 2.05) is 25.1 Å². The maximum absolute atomic E-state index is 11.5. The number of nitrogens with zero attached hydrogens (tertiary/aromatic N) is 3. The van der Waals surface area contributed by atoms with Crippen molar-refractivity contribution >= 4 is 57.1 Å². The lowest BCUT2D eigenvalue weighted by atomic mass is 10.1. The van der Waals surface area contributed by atoms with Crippen molar-refractivity contribution in [3.8, 4) is 0 Å². The Morgan fingerprint density at radius 3 is 2.67 bits per heavy atom. The minimum absolute atomic E-state index is 0.227. The minimum Gasteiger partial charge on any atom is -0.478 e. The molecule has 0 aliphatic carbocycles. The first-order chi connectivity index (χ1) is 11.5. The Kier molecular flexibility index (Phi) is 4.51. The molecule has 5 nitrogen and oxygen atoms in total. The van der Waals surface area contributed by atoms with Crippen molar-refractivity contribution in [3.63, 3.8) is 0 Å². The summed E-state index contributed by atoms with van der Waals surface area (Å²) in [5.74, 6) is -0.978. The van der Waals surface area contributed by atoms with Gasteiger partial charge in [-0.1, -0.05) is 41.1 Å². The van der Waals surface area contributed by atoms with Crippen LogP contribution in [0.25, 0.3) is 23.1 Å². The van der Waals surface area contributed by atoms with E-state index >= 15 is 0 Å². The molecule has 0 saturated heterocycles. The van der Waals surface area contributed by atoms with Crippen LogP contribution in [-0.2, 0) is 0 Å². The van der Waals surface area contributed by atoms with Crippen LogP contribution in [0, 0.1) is 0 Å². The molecule has 24 heavy (non-hydrogen) atoms. The highest BCUT2D eigenvalue weighted by Crippen LogP contribution is 2.30. The summed E-state index contributed by atoms with van der Waals surface area (Å²) in [5, 5.41) is 11.3. The number of carboxylic acid groups (broad SMARTS) is 1. The van der Waals surface area contributed by atoms with Crippen LogP contribution in [0.15, 0.2) is 30.3 Å². The lowest BCUT2D eigenvalue weighted by Gasteiger charge is -2.04. The van der Waals surface area contributed by atoms with E-state index in [9.17, 15) is 9.90 Å². The Labute approximate surface area is 147 Å². The number of fused-ring (bicyclic) bond motifs is 1. The summed E-state index contributed by atoms with van der Waals surface area (Å²) in [7, 11) is 3.79. The predicted molar refractivity (Wildman–Crippen MR) is 99.1 cm³/mol. The normalized spacial score (nSPS) is 11.3. The number of hydrogen-bond acceptors (Lipinski definition) is 5. The zero-order valence-corrected chi connectivity index (χ0v) is 14.6. The molecule has 0 spiro atoms. The molecule has 2 aromatic heterocycles. The van der Waals surface area contributed by atoms with Crippen LogP contribution >= 0.6 is 22.9 Å². The van der Waals surface area contributed by atoms with Gasteiger partial charge in [-0.2, -0.15) is 0 Å². The molecule has 0 saturated carbocycles. The lowest BCUT2D eigenvalue weighted by Crippen LogP contribution is -2.07. The fraction of sp³-hybridized carbons (Fsp3) is 0.118. The van der Waals surface area contributed by atoms with Gasteiger partial charge < -0.3 is 10.0 Å². The lowest BCUT2D eigenvalue weighted by molar-refractivity contribution is 0.0699. The Balaban J connectivity index is 2.02. The molecular formula is C17H14ClN3O2S. The Hall–Kier alpha value is -2.44. The van der Waals surface area contributed by atoms with Gasteiger partial charge in [-0.05, 0) is 24.3 Å². The van der Waals surface area contributed by atoms with Gasteiger partial charge in [0.25, 0.3) is 0 Å². The van der Waals surface area contributed by atoms with Crippen molar-refractivity contribution in [2.24, 2.45) is 0 Å². The molecule has 0 bridgehead atoms. The third-order valence-electron chi connectivity index (χ3n) is 3.35. The van der Waals surface area contributed by atoms with Crippen LogP contribution in [0.4, 0.5) is 5.13 Å². The van der Waals surface area contributed by atoms with Gasteiger partial charge in [-0.15, -0.1) is 0 Å². The van der Waals surface area contributed by atoms with E-state index < -0.39 is 5.97 Å². The number of halogens is 1. The summed E-state index contributed by atoms with van der Waals surface area (Å²) >= 11 is 7.59. The zero-order valence-electron chi connectivity index (χ0n) is 13.0. The number of para-hydroxylation sites is 1. The molecular weight excluding hydrogens is 346 g/mol. The summed E-state index contributed by atoms with van der Waals surface area (Å²) in [6.45, 7) is 0. The number of pyridine rings is 1. The minimum atomic E-state index is -0.978. The van der Waals surface area contributed by atoms with Crippen molar-refractivity contribution in [3.05, 3.63) is 51.6 Å². The van der Waals surface area contributed by atoms with Crippen LogP contribution in [0.1, 0.15) is 20.9 Å². The summed E-state index contributed by atoms with van der Waals surface area (Å²) in [6.07, 6.45) is 3.55. The van der Waals surface area contributed by atoms with Gasteiger partial charge in [0.15, 0.2) is 5.13 Å². The molecule has 0 radical (unpaired) electrons. The standard InChI is InChI=1S/C17H14ClN3O2S/c1-21(2)17-20-15(18)14(24-17)8-7-10-9-12(16(22)23)11-5-3-4-6-13(11)19-10/h3-9H,1-2H3,(H,22,23)/b8-7-. The fourth-order valence-electron chi connectivity index (χ4n) is 2.22. The van der Waals surface area contributed by atoms with E-state index in [4.69, 9.17) is 11.6 Å². The molecule has 2 heterocycles. The molecule has 3 rings (SSSR count). The molecule has 0 aliphatic heterocycles. The summed E-state index contributed by atoms with van der Waals surface area (Å²) < 4.78 is 0. The van der Waals surface area contributed by atoms with Crippen LogP contribution in [0.5, 0.6) is 0 Å². The Bertz CT molecular complexity index is 950. The van der Waals surface area contributed by atoms with E-state index in [0.717, 1.165) is 10.0 Å². The predicted octanol–water partition coefficient (Wildman–Crippen LogP) is 4.28. The van der Waals surface area contributed by atoms with Crippen LogP contribution in [-0.4, -0.2) is 35.1 Å². The van der Waals surface area contributed by atoms with Gasteiger partial charge in [0, 0.05) is 19.5 Å². The van der Waals surface area contributed by atoms with Gasteiger partial charge in [0.2, 0.25) is 0 Å². The molecule has 0 atom stereocenters. The third-order valence-corrected chi connectivity index (χ3v) is 4.94. The monoisotopic (exact) mass is 359 g/mol. The fourth-order valence-corrected chi connectivity index (χ4v) is 3.31. The number of aromatic nitrogens is 2. The molecule has 7 heteroatoms. The van der Waals surface area contributed by atoms with E-state index in [1.165, 1.54) is 11.3 Å². The first-order valence-electron chi connectivity index (χ1n) is 7.10. The average Bonchev–Trinajstić information content (AvgIpc) is 2.93. The molecule has 122 valence electrons. The molecule has 0 unspecified atom stereocenters. The van der Waals surface area contributed by atoms with E-state index in [-0.39, 0.29) is 5.56 Å². The maximum Gasteiger partial charge on any atom is 0.336 e. The highest BCUT2D eigenvalue weighted by atomic mass is 35.5. The van der Waals surface area contributed by atoms with Crippen molar-refractivity contribution in [1.82, 2.24) is 9.97 Å². The third kappa shape index (κ3) is 3.25. The summed E-state index contributed by atoms with van der Waals surface area (Å²) in [4.78, 5) is 22.9. The number of benzene rings is 1.